The minimum absolute atomic E-state index is 0.0527. The SMILES string of the molecule is O=C(N[C@@H](Cc1ccc([N+](=O)[O-])cc1)C(=O)[O-])OCC1c2ccccc2-c2ccccc21. The molecule has 0 bridgehead atoms. The van der Waals surface area contributed by atoms with Crippen molar-refractivity contribution in [3.63, 3.8) is 0 Å². The molecule has 32 heavy (non-hydrogen) atoms. The van der Waals surface area contributed by atoms with Gasteiger partial charge in [-0.3, -0.25) is 10.1 Å². The Kier molecular flexibility index (Phi) is 5.85. The third-order valence-corrected chi connectivity index (χ3v) is 5.51. The molecule has 0 aliphatic heterocycles. The average Bonchev–Trinajstić information content (AvgIpc) is 3.11. The van der Waals surface area contributed by atoms with Gasteiger partial charge >= 0.3 is 6.09 Å². The van der Waals surface area contributed by atoms with E-state index < -0.39 is 23.0 Å². The second-order valence-corrected chi connectivity index (χ2v) is 7.47. The zero-order chi connectivity index (χ0) is 22.7. The number of fused-ring (bicyclic) bond motifs is 3. The molecule has 0 saturated carbocycles. The van der Waals surface area contributed by atoms with Crippen molar-refractivity contribution in [3.8, 4) is 11.1 Å². The number of non-ortho nitro benzene ring substituents is 1. The molecule has 8 nitrogen and oxygen atoms in total. The number of carbonyl (C=O) groups excluding carboxylic acids is 2. The number of carboxylic acids is 1. The molecule has 8 heteroatoms. The third-order valence-electron chi connectivity index (χ3n) is 5.51. The zero-order valence-corrected chi connectivity index (χ0v) is 16.9. The van der Waals surface area contributed by atoms with E-state index >= 15 is 0 Å². The maximum absolute atomic E-state index is 12.4. The van der Waals surface area contributed by atoms with Crippen molar-refractivity contribution in [3.05, 3.63) is 99.6 Å². The summed E-state index contributed by atoms with van der Waals surface area (Å²) in [5.74, 6) is -1.62. The number of nitro groups is 1. The van der Waals surface area contributed by atoms with Crippen LogP contribution < -0.4 is 10.4 Å². The van der Waals surface area contributed by atoms with Crippen molar-refractivity contribution in [1.29, 1.82) is 0 Å². The maximum Gasteiger partial charge on any atom is 0.407 e. The first-order chi connectivity index (χ1) is 15.4. The highest BCUT2D eigenvalue weighted by Crippen LogP contribution is 2.44. The van der Waals surface area contributed by atoms with Gasteiger partial charge in [-0.25, -0.2) is 4.79 Å². The summed E-state index contributed by atoms with van der Waals surface area (Å²) >= 11 is 0. The normalized spacial score (nSPS) is 13.0. The maximum atomic E-state index is 12.4. The van der Waals surface area contributed by atoms with Crippen LogP contribution in [0.4, 0.5) is 10.5 Å². The molecule has 4 rings (SSSR count). The van der Waals surface area contributed by atoms with Crippen molar-refractivity contribution < 1.29 is 24.4 Å². The van der Waals surface area contributed by atoms with Gasteiger partial charge in [-0.2, -0.15) is 0 Å². The van der Waals surface area contributed by atoms with Crippen LogP contribution in [0.3, 0.4) is 0 Å². The smallest absolute Gasteiger partial charge is 0.407 e. The first-order valence-electron chi connectivity index (χ1n) is 9.99. The summed E-state index contributed by atoms with van der Waals surface area (Å²) in [6, 6.07) is 19.8. The van der Waals surface area contributed by atoms with Crippen LogP contribution in [0.5, 0.6) is 0 Å². The van der Waals surface area contributed by atoms with Crippen molar-refractivity contribution in [2.75, 3.05) is 6.61 Å². The van der Waals surface area contributed by atoms with Crippen LogP contribution in [0, 0.1) is 10.1 Å². The van der Waals surface area contributed by atoms with Crippen LogP contribution in [0.1, 0.15) is 22.6 Å². The number of aliphatic carboxylic acids is 1. The Labute approximate surface area is 183 Å². The van der Waals surface area contributed by atoms with E-state index in [1.54, 1.807) is 0 Å². The number of rotatable bonds is 7. The zero-order valence-electron chi connectivity index (χ0n) is 16.9. The summed E-state index contributed by atoms with van der Waals surface area (Å²) in [7, 11) is 0. The number of ether oxygens (including phenoxy) is 1. The van der Waals surface area contributed by atoms with Gasteiger partial charge in [-0.1, -0.05) is 60.7 Å². The molecule has 0 radical (unpaired) electrons. The number of nitrogens with zero attached hydrogens (tertiary/aromatic N) is 1. The van der Waals surface area contributed by atoms with Crippen molar-refractivity contribution in [2.24, 2.45) is 0 Å². The van der Waals surface area contributed by atoms with Gasteiger partial charge in [0, 0.05) is 18.1 Å². The first-order valence-corrected chi connectivity index (χ1v) is 9.99. The topological polar surface area (TPSA) is 122 Å². The van der Waals surface area contributed by atoms with Gasteiger partial charge in [0.05, 0.1) is 16.9 Å². The molecular weight excluding hydrogens is 412 g/mol. The van der Waals surface area contributed by atoms with Gasteiger partial charge in [0.25, 0.3) is 5.69 Å². The Balaban J connectivity index is 1.41. The van der Waals surface area contributed by atoms with E-state index in [1.165, 1.54) is 24.3 Å². The van der Waals surface area contributed by atoms with Crippen molar-refractivity contribution in [1.82, 2.24) is 5.32 Å². The molecule has 1 amide bonds. The molecule has 1 N–H and O–H groups in total. The molecule has 3 aromatic rings. The van der Waals surface area contributed by atoms with Crippen LogP contribution in [-0.2, 0) is 16.0 Å². The molecule has 162 valence electrons. The summed E-state index contributed by atoms with van der Waals surface area (Å²) < 4.78 is 5.38. The standard InChI is InChI=1S/C24H20N2O6/c27-23(28)22(13-15-9-11-16(12-10-15)26(30)31)25-24(29)32-14-21-19-7-3-1-5-17(19)18-6-2-4-8-20(18)21/h1-12,21-22H,13-14H2,(H,25,29)(H,27,28)/p-1/t22-/m0/s1. The number of nitro benzene ring substituents is 1. The second kappa shape index (κ2) is 8.89. The number of nitrogens with one attached hydrogen (secondary N) is 1. The van der Waals surface area contributed by atoms with Gasteiger partial charge in [0.15, 0.2) is 0 Å². The monoisotopic (exact) mass is 431 g/mol. The predicted octanol–water partition coefficient (Wildman–Crippen LogP) is 2.79. The summed E-state index contributed by atoms with van der Waals surface area (Å²) in [5, 5.41) is 24.6. The Morgan fingerprint density at radius 2 is 1.50 bits per heavy atom. The average molecular weight is 431 g/mol. The Morgan fingerprint density at radius 1 is 0.938 bits per heavy atom. The summed E-state index contributed by atoms with van der Waals surface area (Å²) in [6.45, 7) is 0.0527. The van der Waals surface area contributed by atoms with E-state index in [9.17, 15) is 24.8 Å². The van der Waals surface area contributed by atoms with E-state index in [0.717, 1.165) is 22.3 Å². The largest absolute Gasteiger partial charge is 0.548 e. The quantitative estimate of drug-likeness (QED) is 0.453. The lowest BCUT2D eigenvalue weighted by atomic mass is 9.98. The lowest BCUT2D eigenvalue weighted by Crippen LogP contribution is -2.49. The molecule has 0 fully saturated rings. The molecule has 1 atom stereocenters. The summed E-state index contributed by atoms with van der Waals surface area (Å²) in [4.78, 5) is 34.1. The van der Waals surface area contributed by atoms with Crippen molar-refractivity contribution >= 4 is 17.7 Å². The van der Waals surface area contributed by atoms with E-state index in [4.69, 9.17) is 4.74 Å². The van der Waals surface area contributed by atoms with E-state index in [2.05, 4.69) is 5.32 Å². The number of amides is 1. The van der Waals surface area contributed by atoms with Gasteiger partial charge < -0.3 is 20.0 Å². The molecule has 1 aliphatic carbocycles. The highest BCUT2D eigenvalue weighted by atomic mass is 16.6. The van der Waals surface area contributed by atoms with E-state index in [1.807, 2.05) is 48.5 Å². The summed E-state index contributed by atoms with van der Waals surface area (Å²) in [5.41, 5.74) is 4.66. The molecule has 0 spiro atoms. The van der Waals surface area contributed by atoms with Gasteiger partial charge in [0.1, 0.15) is 6.61 Å². The fourth-order valence-electron chi connectivity index (χ4n) is 3.97. The van der Waals surface area contributed by atoms with Crippen LogP contribution in [0.15, 0.2) is 72.8 Å². The molecule has 1 aliphatic rings. The van der Waals surface area contributed by atoms with Crippen LogP contribution in [0.25, 0.3) is 11.1 Å². The van der Waals surface area contributed by atoms with Crippen LogP contribution >= 0.6 is 0 Å². The van der Waals surface area contributed by atoms with Crippen LogP contribution in [-0.4, -0.2) is 29.6 Å². The highest BCUT2D eigenvalue weighted by molar-refractivity contribution is 5.80. The van der Waals surface area contributed by atoms with Gasteiger partial charge in [-0.05, 0) is 34.2 Å². The Morgan fingerprint density at radius 3 is 2.03 bits per heavy atom. The minimum Gasteiger partial charge on any atom is -0.548 e. The van der Waals surface area contributed by atoms with Gasteiger partial charge in [0.2, 0.25) is 0 Å². The number of carbonyl (C=O) groups is 2. The van der Waals surface area contributed by atoms with Gasteiger partial charge in [-0.15, -0.1) is 0 Å². The molecule has 0 saturated heterocycles. The van der Waals surface area contributed by atoms with Crippen molar-refractivity contribution in [2.45, 2.75) is 18.4 Å². The molecule has 0 heterocycles. The number of alkyl carbamates (subject to hydrolysis) is 1. The number of benzene rings is 3. The molecule has 0 aromatic heterocycles. The molecular formula is C24H19N2O6-. The number of hydrogen-bond acceptors (Lipinski definition) is 6. The fourth-order valence-corrected chi connectivity index (χ4v) is 3.97. The van der Waals surface area contributed by atoms with E-state index in [-0.39, 0.29) is 24.6 Å². The lowest BCUT2D eigenvalue weighted by Gasteiger charge is -2.21. The van der Waals surface area contributed by atoms with E-state index in [0.29, 0.717) is 5.56 Å². The highest BCUT2D eigenvalue weighted by Gasteiger charge is 2.29. The minimum atomic E-state index is -1.48. The number of hydrogen-bond donors (Lipinski definition) is 1. The lowest BCUT2D eigenvalue weighted by molar-refractivity contribution is -0.384. The number of carboxylic acid groups (broad SMARTS) is 1. The molecule has 3 aromatic carbocycles. The fraction of sp³-hybridized carbons (Fsp3) is 0.167. The Bertz CT molecular complexity index is 1130. The second-order valence-electron chi connectivity index (χ2n) is 7.47. The third kappa shape index (κ3) is 4.29. The Hall–Kier alpha value is -4.20. The van der Waals surface area contributed by atoms with Crippen LogP contribution in [0.2, 0.25) is 0 Å². The predicted molar refractivity (Wildman–Crippen MR) is 114 cm³/mol. The molecule has 0 unspecified atom stereocenters. The first kappa shape index (κ1) is 21.0. The summed E-state index contributed by atoms with van der Waals surface area (Å²) in [6.07, 6.45) is -0.965.